The highest BCUT2D eigenvalue weighted by Gasteiger charge is 2.13. The maximum atomic E-state index is 10.7. The van der Waals surface area contributed by atoms with Gasteiger partial charge in [0.25, 0.3) is 5.69 Å². The van der Waals surface area contributed by atoms with Crippen molar-refractivity contribution in [3.05, 3.63) is 32.3 Å². The number of nitro benzene ring substituents is 1. The minimum Gasteiger partial charge on any atom is -0.382 e. The number of halogens is 1. The smallest absolute Gasteiger partial charge is 0.273 e. The van der Waals surface area contributed by atoms with Crippen molar-refractivity contribution < 1.29 is 9.66 Å². The second-order valence-electron chi connectivity index (χ2n) is 3.50. The Balaban J connectivity index is 2.74. The van der Waals surface area contributed by atoms with Crippen LogP contribution in [-0.4, -0.2) is 24.7 Å². The van der Waals surface area contributed by atoms with Gasteiger partial charge in [0.15, 0.2) is 0 Å². The standard InChI is InChI=1S/C11H15BrN2O3/c1-3-17-5-4-13-10-6-8(2)11(14(15)16)7-9(10)12/h6-7,13H,3-5H2,1-2H3. The van der Waals surface area contributed by atoms with Crippen molar-refractivity contribution in [2.45, 2.75) is 13.8 Å². The molecule has 1 aromatic rings. The van der Waals surface area contributed by atoms with Gasteiger partial charge in [-0.25, -0.2) is 0 Å². The number of nitrogens with zero attached hydrogens (tertiary/aromatic N) is 1. The Morgan fingerprint density at radius 1 is 1.53 bits per heavy atom. The first kappa shape index (κ1) is 13.9. The molecule has 0 radical (unpaired) electrons. The van der Waals surface area contributed by atoms with Gasteiger partial charge in [0.2, 0.25) is 0 Å². The Bertz CT molecular complexity index is 410. The predicted octanol–water partition coefficient (Wildman–Crippen LogP) is 3.11. The third kappa shape index (κ3) is 3.98. The third-order valence-corrected chi connectivity index (χ3v) is 2.90. The molecule has 0 aliphatic carbocycles. The van der Waals surface area contributed by atoms with Crippen molar-refractivity contribution in [3.8, 4) is 0 Å². The molecule has 1 N–H and O–H groups in total. The fourth-order valence-corrected chi connectivity index (χ4v) is 1.88. The molecule has 0 aliphatic heterocycles. The van der Waals surface area contributed by atoms with Crippen molar-refractivity contribution in [2.75, 3.05) is 25.1 Å². The minimum absolute atomic E-state index is 0.118. The molecule has 0 saturated carbocycles. The largest absolute Gasteiger partial charge is 0.382 e. The lowest BCUT2D eigenvalue weighted by molar-refractivity contribution is -0.385. The van der Waals surface area contributed by atoms with E-state index < -0.39 is 0 Å². The fourth-order valence-electron chi connectivity index (χ4n) is 1.41. The van der Waals surface area contributed by atoms with E-state index in [-0.39, 0.29) is 10.6 Å². The molecule has 5 nitrogen and oxygen atoms in total. The molecule has 0 amide bonds. The molecule has 0 saturated heterocycles. The van der Waals surface area contributed by atoms with E-state index in [9.17, 15) is 10.1 Å². The maximum absolute atomic E-state index is 10.7. The van der Waals surface area contributed by atoms with Crippen molar-refractivity contribution in [2.24, 2.45) is 0 Å². The van der Waals surface area contributed by atoms with Crippen LogP contribution in [-0.2, 0) is 4.74 Å². The van der Waals surface area contributed by atoms with Gasteiger partial charge in [-0.3, -0.25) is 10.1 Å². The highest BCUT2D eigenvalue weighted by atomic mass is 79.9. The number of rotatable bonds is 6. The highest BCUT2D eigenvalue weighted by Crippen LogP contribution is 2.30. The topological polar surface area (TPSA) is 64.4 Å². The molecule has 0 aliphatic rings. The number of benzene rings is 1. The first-order valence-electron chi connectivity index (χ1n) is 5.32. The van der Waals surface area contributed by atoms with Crippen LogP contribution in [0.25, 0.3) is 0 Å². The molecule has 0 heterocycles. The van der Waals surface area contributed by atoms with E-state index in [0.717, 1.165) is 5.69 Å². The minimum atomic E-state index is -0.385. The predicted molar refractivity (Wildman–Crippen MR) is 70.5 cm³/mol. The summed E-state index contributed by atoms with van der Waals surface area (Å²) < 4.78 is 5.89. The Kier molecular flexibility index (Phi) is 5.37. The summed E-state index contributed by atoms with van der Waals surface area (Å²) in [6.07, 6.45) is 0. The zero-order valence-electron chi connectivity index (χ0n) is 9.83. The number of nitrogens with one attached hydrogen (secondary N) is 1. The molecule has 0 atom stereocenters. The summed E-state index contributed by atoms with van der Waals surface area (Å²) in [5, 5.41) is 13.9. The third-order valence-electron chi connectivity index (χ3n) is 2.25. The van der Waals surface area contributed by atoms with Crippen molar-refractivity contribution in [1.82, 2.24) is 0 Å². The van der Waals surface area contributed by atoms with Crippen LogP contribution in [0, 0.1) is 17.0 Å². The summed E-state index contributed by atoms with van der Waals surface area (Å²) in [4.78, 5) is 10.3. The quantitative estimate of drug-likeness (QED) is 0.498. The summed E-state index contributed by atoms with van der Waals surface area (Å²) in [5.41, 5.74) is 1.59. The summed E-state index contributed by atoms with van der Waals surface area (Å²) in [7, 11) is 0. The number of ether oxygens (including phenoxy) is 1. The molecule has 17 heavy (non-hydrogen) atoms. The summed E-state index contributed by atoms with van der Waals surface area (Å²) in [6, 6.07) is 3.27. The van der Waals surface area contributed by atoms with E-state index in [0.29, 0.717) is 29.8 Å². The normalized spacial score (nSPS) is 10.3. The number of hydrogen-bond acceptors (Lipinski definition) is 4. The van der Waals surface area contributed by atoms with Gasteiger partial charge in [-0.1, -0.05) is 0 Å². The first-order chi connectivity index (χ1) is 8.06. The van der Waals surface area contributed by atoms with Crippen LogP contribution >= 0.6 is 15.9 Å². The Hall–Kier alpha value is -1.14. The molecule has 0 bridgehead atoms. The fraction of sp³-hybridized carbons (Fsp3) is 0.455. The molecule has 6 heteroatoms. The summed E-state index contributed by atoms with van der Waals surface area (Å²) in [6.45, 7) is 5.62. The average molecular weight is 303 g/mol. The van der Waals surface area contributed by atoms with Crippen LogP contribution in [0.1, 0.15) is 12.5 Å². The number of nitro groups is 1. The lowest BCUT2D eigenvalue weighted by atomic mass is 10.2. The van der Waals surface area contributed by atoms with E-state index in [1.54, 1.807) is 13.0 Å². The van der Waals surface area contributed by atoms with E-state index in [4.69, 9.17) is 4.74 Å². The van der Waals surface area contributed by atoms with Crippen LogP contribution in [0.4, 0.5) is 11.4 Å². The SMILES string of the molecule is CCOCCNc1cc(C)c([N+](=O)[O-])cc1Br. The van der Waals surface area contributed by atoms with E-state index in [2.05, 4.69) is 21.2 Å². The molecule has 94 valence electrons. The maximum Gasteiger partial charge on any atom is 0.273 e. The van der Waals surface area contributed by atoms with Crippen LogP contribution < -0.4 is 5.32 Å². The molecule has 1 rings (SSSR count). The zero-order valence-corrected chi connectivity index (χ0v) is 11.4. The van der Waals surface area contributed by atoms with Gasteiger partial charge in [-0.15, -0.1) is 0 Å². The molecule has 0 unspecified atom stereocenters. The Morgan fingerprint density at radius 3 is 2.82 bits per heavy atom. The highest BCUT2D eigenvalue weighted by molar-refractivity contribution is 9.10. The number of anilines is 1. The lowest BCUT2D eigenvalue weighted by Gasteiger charge is -2.09. The van der Waals surface area contributed by atoms with Crippen molar-refractivity contribution in [1.29, 1.82) is 0 Å². The van der Waals surface area contributed by atoms with Gasteiger partial charge in [0.1, 0.15) is 0 Å². The van der Waals surface area contributed by atoms with Gasteiger partial charge in [-0.2, -0.15) is 0 Å². The average Bonchev–Trinajstić information content (AvgIpc) is 2.28. The molecule has 0 aromatic heterocycles. The van der Waals surface area contributed by atoms with Crippen LogP contribution in [0.15, 0.2) is 16.6 Å². The number of aryl methyl sites for hydroxylation is 1. The summed E-state index contributed by atoms with van der Waals surface area (Å²) >= 11 is 3.31. The van der Waals surface area contributed by atoms with Gasteiger partial charge < -0.3 is 10.1 Å². The number of hydrogen-bond donors (Lipinski definition) is 1. The van der Waals surface area contributed by atoms with E-state index in [1.165, 1.54) is 6.07 Å². The Morgan fingerprint density at radius 2 is 2.24 bits per heavy atom. The van der Waals surface area contributed by atoms with Gasteiger partial charge in [0.05, 0.1) is 11.5 Å². The van der Waals surface area contributed by atoms with Crippen LogP contribution in [0.3, 0.4) is 0 Å². The molecular weight excluding hydrogens is 288 g/mol. The lowest BCUT2D eigenvalue weighted by Crippen LogP contribution is -2.09. The molecule has 1 aromatic carbocycles. The van der Waals surface area contributed by atoms with Crippen molar-refractivity contribution in [3.63, 3.8) is 0 Å². The van der Waals surface area contributed by atoms with Gasteiger partial charge >= 0.3 is 0 Å². The first-order valence-corrected chi connectivity index (χ1v) is 6.11. The van der Waals surface area contributed by atoms with Gasteiger partial charge in [-0.05, 0) is 35.8 Å². The van der Waals surface area contributed by atoms with Gasteiger partial charge in [0, 0.05) is 34.9 Å². The molecular formula is C11H15BrN2O3. The van der Waals surface area contributed by atoms with Crippen LogP contribution in [0.2, 0.25) is 0 Å². The zero-order chi connectivity index (χ0) is 12.8. The summed E-state index contributed by atoms with van der Waals surface area (Å²) in [5.74, 6) is 0. The van der Waals surface area contributed by atoms with E-state index >= 15 is 0 Å². The Labute approximate surface area is 108 Å². The van der Waals surface area contributed by atoms with E-state index in [1.807, 2.05) is 6.92 Å². The second kappa shape index (κ2) is 6.56. The monoisotopic (exact) mass is 302 g/mol. The van der Waals surface area contributed by atoms with Crippen molar-refractivity contribution >= 4 is 27.3 Å². The molecule has 0 fully saturated rings. The molecule has 0 spiro atoms. The van der Waals surface area contributed by atoms with Crippen LogP contribution in [0.5, 0.6) is 0 Å². The second-order valence-corrected chi connectivity index (χ2v) is 4.35.